The summed E-state index contributed by atoms with van der Waals surface area (Å²) in [6.45, 7) is 1.64. The van der Waals surface area contributed by atoms with Gasteiger partial charge in [-0.3, -0.25) is 0 Å². The topological polar surface area (TPSA) is 3.24 Å². The summed E-state index contributed by atoms with van der Waals surface area (Å²) in [5, 5.41) is 1.26. The quantitative estimate of drug-likeness (QED) is 0.679. The van der Waals surface area contributed by atoms with E-state index in [0.29, 0.717) is 22.0 Å². The van der Waals surface area contributed by atoms with Gasteiger partial charge in [0.25, 0.3) is 0 Å². The van der Waals surface area contributed by atoms with Gasteiger partial charge in [-0.2, -0.15) is 0 Å². The third-order valence-corrected chi connectivity index (χ3v) is 4.91. The van der Waals surface area contributed by atoms with E-state index in [1.807, 2.05) is 18.2 Å². The molecule has 1 fully saturated rings. The van der Waals surface area contributed by atoms with E-state index in [4.69, 9.17) is 23.2 Å². The molecule has 0 N–H and O–H groups in total. The molecule has 0 spiro atoms. The molecule has 2 aromatic rings. The first-order chi connectivity index (χ1) is 11.0. The van der Waals surface area contributed by atoms with Crippen molar-refractivity contribution in [1.29, 1.82) is 0 Å². The summed E-state index contributed by atoms with van der Waals surface area (Å²) in [6, 6.07) is 9.26. The Morgan fingerprint density at radius 2 is 1.83 bits per heavy atom. The van der Waals surface area contributed by atoms with Crippen molar-refractivity contribution >= 4 is 28.9 Å². The van der Waals surface area contributed by atoms with Gasteiger partial charge in [0.2, 0.25) is 0 Å². The summed E-state index contributed by atoms with van der Waals surface area (Å²) in [6.07, 6.45) is 2.59. The van der Waals surface area contributed by atoms with Crippen molar-refractivity contribution in [1.82, 2.24) is 0 Å². The molecule has 0 amide bonds. The van der Waals surface area contributed by atoms with Gasteiger partial charge in [-0.05, 0) is 48.9 Å². The van der Waals surface area contributed by atoms with Gasteiger partial charge in [0, 0.05) is 19.2 Å². The Morgan fingerprint density at radius 1 is 1.09 bits per heavy atom. The Kier molecular flexibility index (Phi) is 5.08. The number of anilines is 1. The van der Waals surface area contributed by atoms with Gasteiger partial charge in [0.05, 0.1) is 15.7 Å². The fraction of sp³-hybridized carbons (Fsp3) is 0.333. The SMILES string of the molecule is Fc1ccc(CC2CCCN(c3c(Cl)cccc3Cl)C2)c(F)c1. The lowest BCUT2D eigenvalue weighted by atomic mass is 9.90. The highest BCUT2D eigenvalue weighted by Crippen LogP contribution is 2.36. The molecule has 1 aliphatic heterocycles. The fourth-order valence-electron chi connectivity index (χ4n) is 3.22. The third-order valence-electron chi connectivity index (χ3n) is 4.30. The van der Waals surface area contributed by atoms with Crippen LogP contribution in [-0.4, -0.2) is 13.1 Å². The van der Waals surface area contributed by atoms with E-state index < -0.39 is 11.6 Å². The number of piperidine rings is 1. The molecule has 1 saturated heterocycles. The van der Waals surface area contributed by atoms with Crippen LogP contribution in [0.4, 0.5) is 14.5 Å². The molecule has 0 bridgehead atoms. The number of halogens is 4. The number of nitrogens with zero attached hydrogens (tertiary/aromatic N) is 1. The molecule has 1 aliphatic rings. The predicted molar refractivity (Wildman–Crippen MR) is 91.5 cm³/mol. The molecule has 0 aliphatic carbocycles. The summed E-state index contributed by atoms with van der Waals surface area (Å²) in [7, 11) is 0. The van der Waals surface area contributed by atoms with Crippen molar-refractivity contribution in [3.63, 3.8) is 0 Å². The van der Waals surface area contributed by atoms with Crippen LogP contribution < -0.4 is 4.90 Å². The van der Waals surface area contributed by atoms with Crippen LogP contribution in [-0.2, 0) is 6.42 Å². The van der Waals surface area contributed by atoms with Crippen LogP contribution in [0.25, 0.3) is 0 Å². The molecule has 1 atom stereocenters. The number of para-hydroxylation sites is 1. The lowest BCUT2D eigenvalue weighted by Crippen LogP contribution is -2.36. The van der Waals surface area contributed by atoms with Gasteiger partial charge in [0.1, 0.15) is 11.6 Å². The van der Waals surface area contributed by atoms with Crippen LogP contribution in [0.15, 0.2) is 36.4 Å². The molecule has 1 heterocycles. The molecule has 1 nitrogen and oxygen atoms in total. The van der Waals surface area contributed by atoms with Crippen LogP contribution in [0.3, 0.4) is 0 Å². The largest absolute Gasteiger partial charge is 0.369 e. The van der Waals surface area contributed by atoms with Crippen molar-refractivity contribution in [3.8, 4) is 0 Å². The molecule has 0 aromatic heterocycles. The molecule has 3 rings (SSSR count). The summed E-state index contributed by atoms with van der Waals surface area (Å²) in [5.74, 6) is -0.728. The maximum Gasteiger partial charge on any atom is 0.129 e. The van der Waals surface area contributed by atoms with E-state index in [-0.39, 0.29) is 5.92 Å². The van der Waals surface area contributed by atoms with E-state index in [2.05, 4.69) is 4.90 Å². The Balaban J connectivity index is 1.76. The highest BCUT2D eigenvalue weighted by atomic mass is 35.5. The summed E-state index contributed by atoms with van der Waals surface area (Å²) < 4.78 is 26.9. The van der Waals surface area contributed by atoms with Gasteiger partial charge < -0.3 is 4.90 Å². The lowest BCUT2D eigenvalue weighted by molar-refractivity contribution is 0.406. The van der Waals surface area contributed by atoms with Crippen molar-refractivity contribution in [2.24, 2.45) is 5.92 Å². The van der Waals surface area contributed by atoms with Crippen LogP contribution in [0.2, 0.25) is 10.0 Å². The van der Waals surface area contributed by atoms with Crippen LogP contribution in [0.5, 0.6) is 0 Å². The Morgan fingerprint density at radius 3 is 2.52 bits per heavy atom. The van der Waals surface area contributed by atoms with Crippen molar-refractivity contribution in [2.75, 3.05) is 18.0 Å². The fourth-order valence-corrected chi connectivity index (χ4v) is 3.86. The standard InChI is InChI=1S/C18H17Cl2F2N/c19-15-4-1-5-16(20)18(15)23-8-2-3-12(11-23)9-13-6-7-14(21)10-17(13)22/h1,4-7,10,12H,2-3,8-9,11H2. The molecule has 5 heteroatoms. The van der Waals surface area contributed by atoms with E-state index >= 15 is 0 Å². The molecule has 23 heavy (non-hydrogen) atoms. The maximum absolute atomic E-state index is 13.9. The average molecular weight is 356 g/mol. The van der Waals surface area contributed by atoms with Crippen molar-refractivity contribution < 1.29 is 8.78 Å². The number of hydrogen-bond donors (Lipinski definition) is 0. The Bertz CT molecular complexity index is 685. The minimum Gasteiger partial charge on any atom is -0.369 e. The normalized spacial score (nSPS) is 18.3. The minimum atomic E-state index is -0.542. The van der Waals surface area contributed by atoms with Crippen LogP contribution in [0.1, 0.15) is 18.4 Å². The highest BCUT2D eigenvalue weighted by molar-refractivity contribution is 6.39. The second-order valence-electron chi connectivity index (χ2n) is 5.96. The molecule has 0 saturated carbocycles. The van der Waals surface area contributed by atoms with E-state index in [9.17, 15) is 8.78 Å². The molecule has 1 unspecified atom stereocenters. The zero-order chi connectivity index (χ0) is 16.4. The molecule has 122 valence electrons. The van der Waals surface area contributed by atoms with Crippen molar-refractivity contribution in [2.45, 2.75) is 19.3 Å². The summed E-state index contributed by atoms with van der Waals surface area (Å²) >= 11 is 12.6. The van der Waals surface area contributed by atoms with Crippen LogP contribution >= 0.6 is 23.2 Å². The van der Waals surface area contributed by atoms with E-state index in [0.717, 1.165) is 37.7 Å². The zero-order valence-corrected chi connectivity index (χ0v) is 14.0. The number of rotatable bonds is 3. The number of hydrogen-bond acceptors (Lipinski definition) is 1. The summed E-state index contributed by atoms with van der Waals surface area (Å²) in [4.78, 5) is 2.17. The van der Waals surface area contributed by atoms with Gasteiger partial charge in [-0.15, -0.1) is 0 Å². The van der Waals surface area contributed by atoms with Crippen LogP contribution in [0, 0.1) is 17.6 Å². The molecule has 0 radical (unpaired) electrons. The van der Waals surface area contributed by atoms with Crippen molar-refractivity contribution in [3.05, 3.63) is 63.6 Å². The Hall–Kier alpha value is -1.32. The van der Waals surface area contributed by atoms with Gasteiger partial charge in [-0.1, -0.05) is 35.3 Å². The van der Waals surface area contributed by atoms with E-state index in [1.165, 1.54) is 12.1 Å². The molecule has 2 aromatic carbocycles. The van der Waals surface area contributed by atoms with Gasteiger partial charge in [0.15, 0.2) is 0 Å². The first-order valence-electron chi connectivity index (χ1n) is 7.67. The first kappa shape index (κ1) is 16.5. The first-order valence-corrected chi connectivity index (χ1v) is 8.43. The monoisotopic (exact) mass is 355 g/mol. The second-order valence-corrected chi connectivity index (χ2v) is 6.78. The second kappa shape index (κ2) is 7.06. The molecular weight excluding hydrogens is 339 g/mol. The lowest BCUT2D eigenvalue weighted by Gasteiger charge is -2.35. The number of benzene rings is 2. The van der Waals surface area contributed by atoms with Gasteiger partial charge in [-0.25, -0.2) is 8.78 Å². The maximum atomic E-state index is 13.9. The zero-order valence-electron chi connectivity index (χ0n) is 12.5. The third kappa shape index (κ3) is 3.78. The van der Waals surface area contributed by atoms with Gasteiger partial charge >= 0.3 is 0 Å². The predicted octanol–water partition coefficient (Wildman–Crippen LogP) is 5.73. The van der Waals surface area contributed by atoms with E-state index in [1.54, 1.807) is 0 Å². The smallest absolute Gasteiger partial charge is 0.129 e. The Labute approximate surface area is 144 Å². The average Bonchev–Trinajstić information content (AvgIpc) is 2.50. The molecular formula is C18H17Cl2F2N. The minimum absolute atomic E-state index is 0.288. The summed E-state index contributed by atoms with van der Waals surface area (Å²) in [5.41, 5.74) is 1.41. The highest BCUT2D eigenvalue weighted by Gasteiger charge is 2.24.